The maximum Gasteiger partial charge on any atom is 0.150 e. The smallest absolute Gasteiger partial charge is 0.150 e. The molecule has 4 N–H and O–H groups in total. The largest absolute Gasteiger partial charge is 0.382 e. The summed E-state index contributed by atoms with van der Waals surface area (Å²) in [6.07, 6.45) is 1.49. The first-order valence-corrected chi connectivity index (χ1v) is 4.82. The zero-order valence-corrected chi connectivity index (χ0v) is 8.90. The van der Waals surface area contributed by atoms with Crippen LogP contribution in [-0.2, 0) is 0 Å². The van der Waals surface area contributed by atoms with Crippen molar-refractivity contribution in [3.05, 3.63) is 35.1 Å². The van der Waals surface area contributed by atoms with Crippen molar-refractivity contribution in [1.29, 1.82) is 0 Å². The minimum atomic E-state index is 0.455. The third-order valence-electron chi connectivity index (χ3n) is 1.96. The first-order chi connectivity index (χ1) is 6.70. The Hall–Kier alpha value is -1.49. The first kappa shape index (κ1) is 9.08. The van der Waals surface area contributed by atoms with Crippen LogP contribution < -0.4 is 11.6 Å². The van der Waals surface area contributed by atoms with Crippen LogP contribution in [0, 0.1) is 0 Å². The number of imidazole rings is 1. The number of nitrogen functional groups attached to an aromatic ring is 2. The summed E-state index contributed by atoms with van der Waals surface area (Å²) in [6.45, 7) is 0. The highest BCUT2D eigenvalue weighted by Gasteiger charge is 2.10. The quantitative estimate of drug-likeness (QED) is 0.758. The summed E-state index contributed by atoms with van der Waals surface area (Å²) < 4.78 is 2.25. The molecule has 0 unspecified atom stereocenters. The SMILES string of the molecule is Nc1c(-c2ccccc2Br)ncn1N. The summed E-state index contributed by atoms with van der Waals surface area (Å²) in [7, 11) is 0. The summed E-state index contributed by atoms with van der Waals surface area (Å²) in [5.41, 5.74) is 7.39. The number of aromatic nitrogens is 2. The molecule has 1 aromatic carbocycles. The van der Waals surface area contributed by atoms with Crippen LogP contribution in [0.15, 0.2) is 35.1 Å². The van der Waals surface area contributed by atoms with Crippen molar-refractivity contribution in [2.24, 2.45) is 0 Å². The molecule has 5 heteroatoms. The molecule has 0 saturated heterocycles. The Morgan fingerprint density at radius 2 is 2.00 bits per heavy atom. The van der Waals surface area contributed by atoms with Gasteiger partial charge in [0.15, 0.2) is 5.82 Å². The highest BCUT2D eigenvalue weighted by atomic mass is 79.9. The Bertz CT molecular complexity index is 464. The normalized spacial score (nSPS) is 10.4. The average Bonchev–Trinajstić information content (AvgIpc) is 2.49. The molecule has 0 spiro atoms. The van der Waals surface area contributed by atoms with Crippen LogP contribution in [0.3, 0.4) is 0 Å². The van der Waals surface area contributed by atoms with Crippen molar-refractivity contribution in [2.75, 3.05) is 11.6 Å². The number of benzene rings is 1. The van der Waals surface area contributed by atoms with Gasteiger partial charge in [0.05, 0.1) is 0 Å². The Morgan fingerprint density at radius 3 is 2.57 bits per heavy atom. The van der Waals surface area contributed by atoms with Gasteiger partial charge in [0.2, 0.25) is 0 Å². The van der Waals surface area contributed by atoms with Gasteiger partial charge in [-0.05, 0) is 6.07 Å². The zero-order chi connectivity index (χ0) is 10.1. The van der Waals surface area contributed by atoms with E-state index in [1.165, 1.54) is 11.0 Å². The number of rotatable bonds is 1. The van der Waals surface area contributed by atoms with Crippen molar-refractivity contribution in [3.63, 3.8) is 0 Å². The summed E-state index contributed by atoms with van der Waals surface area (Å²) in [5.74, 6) is 6.00. The molecule has 0 saturated carbocycles. The topological polar surface area (TPSA) is 69.9 Å². The monoisotopic (exact) mass is 252 g/mol. The summed E-state index contributed by atoms with van der Waals surface area (Å²) in [4.78, 5) is 4.13. The van der Waals surface area contributed by atoms with E-state index in [0.717, 1.165) is 10.0 Å². The molecule has 2 rings (SSSR count). The predicted octanol–water partition coefficient (Wildman–Crippen LogP) is 1.61. The van der Waals surface area contributed by atoms with Gasteiger partial charge in [0.25, 0.3) is 0 Å². The van der Waals surface area contributed by atoms with E-state index in [9.17, 15) is 0 Å². The van der Waals surface area contributed by atoms with Gasteiger partial charge >= 0.3 is 0 Å². The van der Waals surface area contributed by atoms with Crippen molar-refractivity contribution < 1.29 is 0 Å². The van der Waals surface area contributed by atoms with Gasteiger partial charge in [-0.1, -0.05) is 34.1 Å². The Labute approximate surface area is 89.6 Å². The molecular weight excluding hydrogens is 244 g/mol. The van der Waals surface area contributed by atoms with Crippen LogP contribution in [0.2, 0.25) is 0 Å². The number of nitrogens with two attached hydrogens (primary N) is 2. The van der Waals surface area contributed by atoms with E-state index in [-0.39, 0.29) is 0 Å². The standard InChI is InChI=1S/C9H9BrN4/c10-7-4-2-1-3-6(7)8-9(11)14(12)5-13-8/h1-5H,11-12H2. The van der Waals surface area contributed by atoms with Crippen LogP contribution in [0.25, 0.3) is 11.3 Å². The zero-order valence-electron chi connectivity index (χ0n) is 7.31. The molecule has 2 aromatic rings. The molecule has 4 nitrogen and oxygen atoms in total. The van der Waals surface area contributed by atoms with Crippen molar-refractivity contribution in [1.82, 2.24) is 9.66 Å². The van der Waals surface area contributed by atoms with Gasteiger partial charge in [-0.25, -0.2) is 9.66 Å². The van der Waals surface area contributed by atoms with Crippen LogP contribution >= 0.6 is 15.9 Å². The summed E-state index contributed by atoms with van der Waals surface area (Å²) >= 11 is 3.43. The fraction of sp³-hybridized carbons (Fsp3) is 0. The van der Waals surface area contributed by atoms with E-state index >= 15 is 0 Å². The average molecular weight is 253 g/mol. The Morgan fingerprint density at radius 1 is 1.29 bits per heavy atom. The van der Waals surface area contributed by atoms with Crippen molar-refractivity contribution in [3.8, 4) is 11.3 Å². The predicted molar refractivity (Wildman–Crippen MR) is 59.9 cm³/mol. The second kappa shape index (κ2) is 3.34. The lowest BCUT2D eigenvalue weighted by Crippen LogP contribution is -2.10. The van der Waals surface area contributed by atoms with E-state index in [1.807, 2.05) is 24.3 Å². The van der Waals surface area contributed by atoms with Crippen LogP contribution in [0.5, 0.6) is 0 Å². The van der Waals surface area contributed by atoms with Crippen molar-refractivity contribution in [2.45, 2.75) is 0 Å². The van der Waals surface area contributed by atoms with Crippen LogP contribution in [0.4, 0.5) is 5.82 Å². The minimum absolute atomic E-state index is 0.455. The number of nitrogens with zero attached hydrogens (tertiary/aromatic N) is 2. The third kappa shape index (κ3) is 1.35. The van der Waals surface area contributed by atoms with Crippen LogP contribution in [-0.4, -0.2) is 9.66 Å². The Kier molecular flexibility index (Phi) is 2.17. The maximum absolute atomic E-state index is 5.76. The second-order valence-electron chi connectivity index (χ2n) is 2.87. The summed E-state index contributed by atoms with van der Waals surface area (Å²) in [6, 6.07) is 7.73. The fourth-order valence-electron chi connectivity index (χ4n) is 1.23. The number of hydrogen-bond acceptors (Lipinski definition) is 3. The highest BCUT2D eigenvalue weighted by Crippen LogP contribution is 2.29. The molecule has 72 valence electrons. The highest BCUT2D eigenvalue weighted by molar-refractivity contribution is 9.10. The lowest BCUT2D eigenvalue weighted by atomic mass is 10.1. The molecule has 0 radical (unpaired) electrons. The van der Waals surface area contributed by atoms with E-state index in [0.29, 0.717) is 11.5 Å². The molecular formula is C9H9BrN4. The first-order valence-electron chi connectivity index (χ1n) is 4.03. The molecule has 0 amide bonds. The molecule has 1 aromatic heterocycles. The van der Waals surface area contributed by atoms with Gasteiger partial charge < -0.3 is 11.6 Å². The third-order valence-corrected chi connectivity index (χ3v) is 2.65. The lowest BCUT2D eigenvalue weighted by molar-refractivity contribution is 1.01. The number of halogens is 1. The molecule has 0 atom stereocenters. The fourth-order valence-corrected chi connectivity index (χ4v) is 1.70. The lowest BCUT2D eigenvalue weighted by Gasteiger charge is -2.02. The Balaban J connectivity index is 2.60. The van der Waals surface area contributed by atoms with Gasteiger partial charge in [-0.15, -0.1) is 0 Å². The second-order valence-corrected chi connectivity index (χ2v) is 3.72. The molecule has 0 bridgehead atoms. The van der Waals surface area contributed by atoms with E-state index in [1.54, 1.807) is 0 Å². The van der Waals surface area contributed by atoms with Gasteiger partial charge in [-0.3, -0.25) is 0 Å². The van der Waals surface area contributed by atoms with Gasteiger partial charge in [0.1, 0.15) is 12.0 Å². The van der Waals surface area contributed by atoms with E-state index in [2.05, 4.69) is 20.9 Å². The number of hydrogen-bond donors (Lipinski definition) is 2. The molecule has 0 aliphatic carbocycles. The van der Waals surface area contributed by atoms with Gasteiger partial charge in [0, 0.05) is 10.0 Å². The molecule has 0 aliphatic heterocycles. The molecule has 1 heterocycles. The van der Waals surface area contributed by atoms with E-state index in [4.69, 9.17) is 11.6 Å². The summed E-state index contributed by atoms with van der Waals surface area (Å²) in [5, 5.41) is 0. The van der Waals surface area contributed by atoms with E-state index < -0.39 is 0 Å². The van der Waals surface area contributed by atoms with Gasteiger partial charge in [-0.2, -0.15) is 0 Å². The number of anilines is 1. The minimum Gasteiger partial charge on any atom is -0.382 e. The molecule has 0 aliphatic rings. The van der Waals surface area contributed by atoms with Crippen molar-refractivity contribution >= 4 is 21.7 Å². The maximum atomic E-state index is 5.76. The van der Waals surface area contributed by atoms with Crippen LogP contribution in [0.1, 0.15) is 0 Å². The molecule has 0 fully saturated rings. The molecule has 14 heavy (non-hydrogen) atoms.